The third kappa shape index (κ3) is 5.79. The van der Waals surface area contributed by atoms with Gasteiger partial charge in [0.15, 0.2) is 0 Å². The first-order valence-electron chi connectivity index (χ1n) is 7.66. The second-order valence-corrected chi connectivity index (χ2v) is 7.93. The molecule has 1 fully saturated rings. The van der Waals surface area contributed by atoms with Crippen LogP contribution in [0.4, 0.5) is 5.69 Å². The van der Waals surface area contributed by atoms with Crippen molar-refractivity contribution in [3.05, 3.63) is 24.3 Å². The van der Waals surface area contributed by atoms with Crippen molar-refractivity contribution in [3.63, 3.8) is 0 Å². The van der Waals surface area contributed by atoms with Gasteiger partial charge in [0.1, 0.15) is 12.4 Å². The SMILES string of the molecule is CN(C)CCOc1ccc(NC2CSCC(C)(C)C2)cc1. The van der Waals surface area contributed by atoms with Crippen molar-refractivity contribution in [2.24, 2.45) is 5.41 Å². The molecule has 1 N–H and O–H groups in total. The minimum absolute atomic E-state index is 0.440. The number of hydrogen-bond donors (Lipinski definition) is 1. The Hall–Kier alpha value is -0.870. The second-order valence-electron chi connectivity index (χ2n) is 6.90. The molecule has 4 heteroatoms. The monoisotopic (exact) mass is 308 g/mol. The molecule has 2 rings (SSSR count). The molecule has 1 unspecified atom stereocenters. The second kappa shape index (κ2) is 7.41. The van der Waals surface area contributed by atoms with Crippen molar-refractivity contribution < 1.29 is 4.74 Å². The molecule has 0 saturated carbocycles. The molecule has 1 atom stereocenters. The first-order valence-corrected chi connectivity index (χ1v) is 8.82. The summed E-state index contributed by atoms with van der Waals surface area (Å²) in [6.45, 7) is 6.38. The summed E-state index contributed by atoms with van der Waals surface area (Å²) < 4.78 is 5.72. The molecule has 1 aliphatic rings. The summed E-state index contributed by atoms with van der Waals surface area (Å²) in [5.74, 6) is 3.41. The van der Waals surface area contributed by atoms with Gasteiger partial charge in [-0.3, -0.25) is 0 Å². The number of benzene rings is 1. The van der Waals surface area contributed by atoms with E-state index in [1.807, 2.05) is 0 Å². The average molecular weight is 308 g/mol. The van der Waals surface area contributed by atoms with Crippen LogP contribution in [0.5, 0.6) is 5.75 Å². The van der Waals surface area contributed by atoms with Crippen LogP contribution in [0.2, 0.25) is 0 Å². The van der Waals surface area contributed by atoms with Gasteiger partial charge < -0.3 is 15.0 Å². The lowest BCUT2D eigenvalue weighted by molar-refractivity contribution is 0.261. The molecule has 1 aliphatic heterocycles. The van der Waals surface area contributed by atoms with Gasteiger partial charge in [0.05, 0.1) is 0 Å². The molecule has 1 heterocycles. The van der Waals surface area contributed by atoms with Crippen molar-refractivity contribution in [1.82, 2.24) is 4.90 Å². The van der Waals surface area contributed by atoms with E-state index in [4.69, 9.17) is 4.74 Å². The van der Waals surface area contributed by atoms with Gasteiger partial charge in [0.2, 0.25) is 0 Å². The fraction of sp³-hybridized carbons (Fsp3) is 0.647. The van der Waals surface area contributed by atoms with Crippen LogP contribution in [0, 0.1) is 5.41 Å². The minimum atomic E-state index is 0.440. The van der Waals surface area contributed by atoms with Gasteiger partial charge in [-0.1, -0.05) is 13.8 Å². The largest absolute Gasteiger partial charge is 0.492 e. The topological polar surface area (TPSA) is 24.5 Å². The lowest BCUT2D eigenvalue weighted by Crippen LogP contribution is -2.35. The van der Waals surface area contributed by atoms with Crippen LogP contribution >= 0.6 is 11.8 Å². The Kier molecular flexibility index (Phi) is 5.82. The van der Waals surface area contributed by atoms with Crippen LogP contribution in [-0.2, 0) is 0 Å². The standard InChI is InChI=1S/C17H28N2OS/c1-17(2)11-15(12-21-13-17)18-14-5-7-16(8-6-14)20-10-9-19(3)4/h5-8,15,18H,9-13H2,1-4H3. The predicted octanol–water partition coefficient (Wildman–Crippen LogP) is 3.57. The molecular weight excluding hydrogens is 280 g/mol. The Morgan fingerprint density at radius 1 is 1.29 bits per heavy atom. The zero-order valence-corrected chi connectivity index (χ0v) is 14.5. The highest BCUT2D eigenvalue weighted by molar-refractivity contribution is 7.99. The zero-order valence-electron chi connectivity index (χ0n) is 13.7. The van der Waals surface area contributed by atoms with E-state index < -0.39 is 0 Å². The van der Waals surface area contributed by atoms with Crippen molar-refractivity contribution in [1.29, 1.82) is 0 Å². The van der Waals surface area contributed by atoms with Crippen LogP contribution in [0.25, 0.3) is 0 Å². The highest BCUT2D eigenvalue weighted by Gasteiger charge is 2.28. The highest BCUT2D eigenvalue weighted by Crippen LogP contribution is 2.34. The van der Waals surface area contributed by atoms with Crippen molar-refractivity contribution >= 4 is 17.4 Å². The van der Waals surface area contributed by atoms with E-state index in [1.54, 1.807) is 0 Å². The Morgan fingerprint density at radius 3 is 2.62 bits per heavy atom. The Morgan fingerprint density at radius 2 is 2.00 bits per heavy atom. The van der Waals surface area contributed by atoms with E-state index in [0.717, 1.165) is 18.9 Å². The fourth-order valence-corrected chi connectivity index (χ4v) is 3.86. The van der Waals surface area contributed by atoms with E-state index in [9.17, 15) is 0 Å². The van der Waals surface area contributed by atoms with Gasteiger partial charge in [-0.05, 0) is 55.9 Å². The van der Waals surface area contributed by atoms with Gasteiger partial charge >= 0.3 is 0 Å². The molecule has 0 radical (unpaired) electrons. The van der Waals surface area contributed by atoms with Crippen LogP contribution in [0.3, 0.4) is 0 Å². The normalized spacial score (nSPS) is 21.3. The number of anilines is 1. The number of thioether (sulfide) groups is 1. The molecule has 0 spiro atoms. The summed E-state index contributed by atoms with van der Waals surface area (Å²) in [4.78, 5) is 2.12. The van der Waals surface area contributed by atoms with Gasteiger partial charge in [-0.15, -0.1) is 0 Å². The van der Waals surface area contributed by atoms with Crippen molar-refractivity contribution in [2.75, 3.05) is 44.1 Å². The first-order chi connectivity index (χ1) is 9.94. The Labute approximate surface area is 133 Å². The number of nitrogens with one attached hydrogen (secondary N) is 1. The van der Waals surface area contributed by atoms with E-state index in [0.29, 0.717) is 11.5 Å². The first kappa shape index (κ1) is 16.5. The molecule has 0 amide bonds. The summed E-state index contributed by atoms with van der Waals surface area (Å²) in [5.41, 5.74) is 1.63. The average Bonchev–Trinajstić information content (AvgIpc) is 2.39. The third-order valence-electron chi connectivity index (χ3n) is 3.64. The van der Waals surface area contributed by atoms with Crippen LogP contribution in [0.15, 0.2) is 24.3 Å². The molecule has 0 aromatic heterocycles. The number of nitrogens with zero attached hydrogens (tertiary/aromatic N) is 1. The summed E-state index contributed by atoms with van der Waals surface area (Å²) in [6.07, 6.45) is 1.24. The smallest absolute Gasteiger partial charge is 0.119 e. The number of likely N-dealkylation sites (N-methyl/N-ethyl adjacent to an activating group) is 1. The number of hydrogen-bond acceptors (Lipinski definition) is 4. The molecular formula is C17H28N2OS. The van der Waals surface area contributed by atoms with E-state index in [-0.39, 0.29) is 0 Å². The van der Waals surface area contributed by atoms with Crippen LogP contribution in [-0.4, -0.2) is 49.7 Å². The van der Waals surface area contributed by atoms with Gasteiger partial charge in [-0.2, -0.15) is 11.8 Å². The zero-order chi connectivity index (χ0) is 15.3. The summed E-state index contributed by atoms with van der Waals surface area (Å²) in [6, 6.07) is 8.92. The maximum absolute atomic E-state index is 5.72. The number of rotatable bonds is 6. The summed E-state index contributed by atoms with van der Waals surface area (Å²) >= 11 is 2.05. The van der Waals surface area contributed by atoms with E-state index in [2.05, 4.69) is 74.2 Å². The maximum atomic E-state index is 5.72. The summed E-state index contributed by atoms with van der Waals surface area (Å²) in [7, 11) is 4.11. The molecule has 0 bridgehead atoms. The van der Waals surface area contributed by atoms with Crippen LogP contribution < -0.4 is 10.1 Å². The molecule has 1 aromatic carbocycles. The molecule has 118 valence electrons. The highest BCUT2D eigenvalue weighted by atomic mass is 32.2. The molecule has 1 saturated heterocycles. The maximum Gasteiger partial charge on any atom is 0.119 e. The van der Waals surface area contributed by atoms with Crippen molar-refractivity contribution in [3.8, 4) is 5.75 Å². The van der Waals surface area contributed by atoms with Crippen LogP contribution in [0.1, 0.15) is 20.3 Å². The molecule has 1 aromatic rings. The Bertz CT molecular complexity index is 431. The van der Waals surface area contributed by atoms with Gasteiger partial charge in [0.25, 0.3) is 0 Å². The van der Waals surface area contributed by atoms with E-state index >= 15 is 0 Å². The van der Waals surface area contributed by atoms with Gasteiger partial charge in [-0.25, -0.2) is 0 Å². The fourth-order valence-electron chi connectivity index (χ4n) is 2.58. The summed E-state index contributed by atoms with van der Waals surface area (Å²) in [5, 5.41) is 3.65. The quantitative estimate of drug-likeness (QED) is 0.868. The Balaban J connectivity index is 1.82. The minimum Gasteiger partial charge on any atom is -0.492 e. The predicted molar refractivity (Wildman–Crippen MR) is 93.6 cm³/mol. The molecule has 21 heavy (non-hydrogen) atoms. The van der Waals surface area contributed by atoms with E-state index in [1.165, 1.54) is 23.6 Å². The lowest BCUT2D eigenvalue weighted by atomic mass is 9.88. The third-order valence-corrected chi connectivity index (χ3v) is 5.27. The lowest BCUT2D eigenvalue weighted by Gasteiger charge is -2.35. The number of ether oxygens (including phenoxy) is 1. The molecule has 3 nitrogen and oxygen atoms in total. The van der Waals surface area contributed by atoms with Crippen molar-refractivity contribution in [2.45, 2.75) is 26.3 Å². The van der Waals surface area contributed by atoms with Gasteiger partial charge in [0, 0.05) is 24.0 Å². The molecule has 0 aliphatic carbocycles.